The molecule has 0 bridgehead atoms. The van der Waals surface area contributed by atoms with Crippen LogP contribution in [0.3, 0.4) is 0 Å². The van der Waals surface area contributed by atoms with Crippen LogP contribution in [0, 0.1) is 5.92 Å². The topological polar surface area (TPSA) is 92.5 Å². The number of carbonyl (C=O) groups is 3. The average Bonchev–Trinajstić information content (AvgIpc) is 3.50. The number of anilines is 1. The Morgan fingerprint density at radius 1 is 1.12 bits per heavy atom. The predicted molar refractivity (Wildman–Crippen MR) is 121 cm³/mol. The third kappa shape index (κ3) is 4.01. The van der Waals surface area contributed by atoms with E-state index >= 15 is 0 Å². The number of nitrogens with zero attached hydrogens (tertiary/aromatic N) is 2. The zero-order chi connectivity index (χ0) is 22.1. The lowest BCUT2D eigenvalue weighted by Gasteiger charge is -2.31. The van der Waals surface area contributed by atoms with Gasteiger partial charge in [0.05, 0.1) is 22.8 Å². The van der Waals surface area contributed by atoms with E-state index in [1.54, 1.807) is 12.1 Å². The van der Waals surface area contributed by atoms with Crippen LogP contribution < -0.4 is 5.32 Å². The molecule has 1 aliphatic heterocycles. The third-order valence-electron chi connectivity index (χ3n) is 5.80. The number of hydrogen-bond donors (Lipinski definition) is 1. The molecule has 162 valence electrons. The number of carbonyl (C=O) groups excluding carboxylic acids is 3. The van der Waals surface area contributed by atoms with Crippen LogP contribution in [0.5, 0.6) is 0 Å². The van der Waals surface area contributed by atoms with Gasteiger partial charge < -0.3 is 9.32 Å². The highest BCUT2D eigenvalue weighted by Gasteiger charge is 2.35. The number of furan rings is 1. The lowest BCUT2D eigenvalue weighted by molar-refractivity contribution is -0.135. The number of aromatic nitrogens is 1. The van der Waals surface area contributed by atoms with Gasteiger partial charge in [0.1, 0.15) is 0 Å². The van der Waals surface area contributed by atoms with Crippen molar-refractivity contribution in [1.82, 2.24) is 9.88 Å². The second-order valence-corrected chi connectivity index (χ2v) is 8.88. The fourth-order valence-electron chi connectivity index (χ4n) is 4.17. The SMILES string of the molecule is O=C(Nc1nc2c(s1)C(=O)C[C@@H](C(=O)N1CC=C(c3ccccc3)CC1)C2)c1ccco1. The van der Waals surface area contributed by atoms with Gasteiger partial charge in [0.2, 0.25) is 5.91 Å². The zero-order valence-electron chi connectivity index (χ0n) is 17.2. The molecule has 0 radical (unpaired) electrons. The summed E-state index contributed by atoms with van der Waals surface area (Å²) < 4.78 is 5.09. The molecule has 0 unspecified atom stereocenters. The molecule has 7 nitrogen and oxygen atoms in total. The van der Waals surface area contributed by atoms with Crippen LogP contribution in [0.1, 0.15) is 44.3 Å². The standard InChI is InChI=1S/C24H21N3O4S/c28-19-14-17(23(30)27-10-8-16(9-11-27)15-5-2-1-3-6-15)13-18-21(19)32-24(25-18)26-22(29)20-7-4-12-31-20/h1-8,12,17H,9-11,13-14H2,(H,25,26,29)/t17-/m0/s1. The van der Waals surface area contributed by atoms with Gasteiger partial charge in [-0.05, 0) is 29.7 Å². The van der Waals surface area contributed by atoms with Gasteiger partial charge in [-0.1, -0.05) is 47.7 Å². The molecule has 32 heavy (non-hydrogen) atoms. The molecule has 2 aromatic heterocycles. The second kappa shape index (κ2) is 8.55. The third-order valence-corrected chi connectivity index (χ3v) is 6.86. The summed E-state index contributed by atoms with van der Waals surface area (Å²) >= 11 is 1.15. The van der Waals surface area contributed by atoms with Gasteiger partial charge in [0.15, 0.2) is 16.7 Å². The first kappa shape index (κ1) is 20.4. The molecule has 3 aromatic rings. The molecule has 1 atom stereocenters. The second-order valence-electron chi connectivity index (χ2n) is 7.88. The summed E-state index contributed by atoms with van der Waals surface area (Å²) in [5.74, 6) is -0.780. The van der Waals surface area contributed by atoms with Crippen molar-refractivity contribution in [2.45, 2.75) is 19.3 Å². The summed E-state index contributed by atoms with van der Waals surface area (Å²) in [6, 6.07) is 13.4. The fraction of sp³-hybridized carbons (Fsp3) is 0.250. The van der Waals surface area contributed by atoms with Crippen molar-refractivity contribution >= 4 is 39.6 Å². The Bertz CT molecular complexity index is 1200. The maximum Gasteiger partial charge on any atom is 0.293 e. The van der Waals surface area contributed by atoms with E-state index in [1.165, 1.54) is 17.4 Å². The van der Waals surface area contributed by atoms with E-state index in [0.29, 0.717) is 35.2 Å². The number of thiazole rings is 1. The van der Waals surface area contributed by atoms with Crippen molar-refractivity contribution in [3.63, 3.8) is 0 Å². The van der Waals surface area contributed by atoms with Crippen LogP contribution in [0.4, 0.5) is 5.13 Å². The molecular formula is C24H21N3O4S. The number of nitrogens with one attached hydrogen (secondary N) is 1. The highest BCUT2D eigenvalue weighted by molar-refractivity contribution is 7.17. The summed E-state index contributed by atoms with van der Waals surface area (Å²) in [7, 11) is 0. The Morgan fingerprint density at radius 2 is 1.97 bits per heavy atom. The number of amides is 2. The Balaban J connectivity index is 1.26. The average molecular weight is 448 g/mol. The number of hydrogen-bond acceptors (Lipinski definition) is 6. The van der Waals surface area contributed by atoms with Gasteiger partial charge in [-0.25, -0.2) is 4.98 Å². The highest BCUT2D eigenvalue weighted by Crippen LogP contribution is 2.34. The van der Waals surface area contributed by atoms with Gasteiger partial charge in [-0.2, -0.15) is 0 Å². The Hall–Kier alpha value is -3.52. The Morgan fingerprint density at radius 3 is 2.69 bits per heavy atom. The first-order valence-electron chi connectivity index (χ1n) is 10.5. The van der Waals surface area contributed by atoms with Gasteiger partial charge in [0.25, 0.3) is 5.91 Å². The minimum absolute atomic E-state index is 0.0125. The molecule has 1 N–H and O–H groups in total. The lowest BCUT2D eigenvalue weighted by Crippen LogP contribution is -2.41. The summed E-state index contributed by atoms with van der Waals surface area (Å²) in [5, 5.41) is 3.01. The van der Waals surface area contributed by atoms with E-state index in [0.717, 1.165) is 17.8 Å². The smallest absolute Gasteiger partial charge is 0.293 e. The van der Waals surface area contributed by atoms with E-state index in [-0.39, 0.29) is 23.9 Å². The quantitative estimate of drug-likeness (QED) is 0.651. The van der Waals surface area contributed by atoms with Crippen LogP contribution in [0.25, 0.3) is 5.57 Å². The van der Waals surface area contributed by atoms with E-state index in [9.17, 15) is 14.4 Å². The predicted octanol–water partition coefficient (Wildman–Crippen LogP) is 4.05. The molecule has 2 aliphatic rings. The van der Waals surface area contributed by atoms with Crippen molar-refractivity contribution in [2.75, 3.05) is 18.4 Å². The number of fused-ring (bicyclic) bond motifs is 1. The molecule has 2 amide bonds. The van der Waals surface area contributed by atoms with Gasteiger partial charge >= 0.3 is 0 Å². The summed E-state index contributed by atoms with van der Waals surface area (Å²) in [4.78, 5) is 44.8. The van der Waals surface area contributed by atoms with Crippen LogP contribution in [-0.4, -0.2) is 40.6 Å². The summed E-state index contributed by atoms with van der Waals surface area (Å²) in [5.41, 5.74) is 3.01. The first-order chi connectivity index (χ1) is 15.6. The van der Waals surface area contributed by atoms with Gasteiger partial charge in [-0.15, -0.1) is 0 Å². The fourth-order valence-corrected chi connectivity index (χ4v) is 5.10. The largest absolute Gasteiger partial charge is 0.459 e. The monoisotopic (exact) mass is 447 g/mol. The molecule has 8 heteroatoms. The summed E-state index contributed by atoms with van der Waals surface area (Å²) in [6.07, 6.45) is 4.88. The summed E-state index contributed by atoms with van der Waals surface area (Å²) in [6.45, 7) is 1.18. The van der Waals surface area contributed by atoms with E-state index in [4.69, 9.17) is 4.42 Å². The Labute approximate surface area is 188 Å². The molecule has 0 saturated carbocycles. The number of rotatable bonds is 4. The molecule has 0 saturated heterocycles. The highest BCUT2D eigenvalue weighted by atomic mass is 32.1. The number of ketones is 1. The van der Waals surface area contributed by atoms with Crippen molar-refractivity contribution in [1.29, 1.82) is 0 Å². The van der Waals surface area contributed by atoms with Crippen LogP contribution in [-0.2, 0) is 11.2 Å². The normalized spacial score (nSPS) is 18.1. The minimum Gasteiger partial charge on any atom is -0.459 e. The minimum atomic E-state index is -0.421. The molecule has 0 spiro atoms. The van der Waals surface area contributed by atoms with Crippen molar-refractivity contribution in [3.8, 4) is 0 Å². The molecular weight excluding hydrogens is 426 g/mol. The van der Waals surface area contributed by atoms with Crippen molar-refractivity contribution < 1.29 is 18.8 Å². The molecule has 1 aliphatic carbocycles. The van der Waals surface area contributed by atoms with E-state index in [2.05, 4.69) is 28.5 Å². The molecule has 3 heterocycles. The van der Waals surface area contributed by atoms with E-state index in [1.807, 2.05) is 23.1 Å². The lowest BCUT2D eigenvalue weighted by atomic mass is 9.88. The first-order valence-corrected chi connectivity index (χ1v) is 11.3. The Kier molecular flexibility index (Phi) is 5.45. The number of Topliss-reactive ketones (excluding diaryl/α,β-unsaturated/α-hetero) is 1. The molecule has 1 aromatic carbocycles. The van der Waals surface area contributed by atoms with Crippen molar-refractivity contribution in [3.05, 3.63) is 76.7 Å². The van der Waals surface area contributed by atoms with Crippen molar-refractivity contribution in [2.24, 2.45) is 5.92 Å². The van der Waals surface area contributed by atoms with Gasteiger partial charge in [-0.3, -0.25) is 19.7 Å². The molecule has 5 rings (SSSR count). The van der Waals surface area contributed by atoms with Crippen LogP contribution in [0.15, 0.2) is 59.2 Å². The van der Waals surface area contributed by atoms with Crippen LogP contribution in [0.2, 0.25) is 0 Å². The maximum absolute atomic E-state index is 13.1. The number of benzene rings is 1. The van der Waals surface area contributed by atoms with E-state index < -0.39 is 11.8 Å². The maximum atomic E-state index is 13.1. The van der Waals surface area contributed by atoms with Crippen LogP contribution >= 0.6 is 11.3 Å². The van der Waals surface area contributed by atoms with Gasteiger partial charge in [0, 0.05) is 25.9 Å². The molecule has 0 fully saturated rings. The zero-order valence-corrected chi connectivity index (χ0v) is 18.1.